The molecule has 3 nitrogen and oxygen atoms in total. The van der Waals surface area contributed by atoms with E-state index in [0.29, 0.717) is 6.54 Å². The van der Waals surface area contributed by atoms with Crippen LogP contribution in [0.4, 0.5) is 0 Å². The van der Waals surface area contributed by atoms with Gasteiger partial charge in [0.25, 0.3) is 0 Å². The van der Waals surface area contributed by atoms with Crippen LogP contribution in [0.2, 0.25) is 0 Å². The third-order valence-electron chi connectivity index (χ3n) is 3.86. The van der Waals surface area contributed by atoms with Gasteiger partial charge in [0.15, 0.2) is 0 Å². The summed E-state index contributed by atoms with van der Waals surface area (Å²) in [5.74, 6) is 0.114. The summed E-state index contributed by atoms with van der Waals surface area (Å²) >= 11 is 1.69. The van der Waals surface area contributed by atoms with Crippen LogP contribution in [-0.2, 0) is 11.2 Å². The van der Waals surface area contributed by atoms with Crippen molar-refractivity contribution in [3.8, 4) is 0 Å². The van der Waals surface area contributed by atoms with Crippen molar-refractivity contribution in [1.29, 1.82) is 0 Å². The summed E-state index contributed by atoms with van der Waals surface area (Å²) in [6.07, 6.45) is 5.05. The molecule has 1 saturated carbocycles. The van der Waals surface area contributed by atoms with Crippen molar-refractivity contribution in [3.63, 3.8) is 0 Å². The van der Waals surface area contributed by atoms with Crippen LogP contribution in [0.5, 0.6) is 0 Å². The maximum absolute atomic E-state index is 12.2. The molecule has 1 amide bonds. The number of rotatable bonds is 4. The van der Waals surface area contributed by atoms with Crippen LogP contribution >= 0.6 is 11.3 Å². The number of hydrogen-bond donors (Lipinski definition) is 2. The Bertz CT molecular complexity index is 387. The van der Waals surface area contributed by atoms with Gasteiger partial charge in [0.1, 0.15) is 0 Å². The number of thiophene rings is 1. The van der Waals surface area contributed by atoms with Crippen LogP contribution < -0.4 is 11.1 Å². The fraction of sp³-hybridized carbons (Fsp3) is 0.643. The van der Waals surface area contributed by atoms with Crippen molar-refractivity contribution in [1.82, 2.24) is 5.32 Å². The second-order valence-corrected chi connectivity index (χ2v) is 6.26. The van der Waals surface area contributed by atoms with Gasteiger partial charge in [0.2, 0.25) is 5.91 Å². The van der Waals surface area contributed by atoms with E-state index in [1.165, 1.54) is 5.56 Å². The third-order valence-corrected chi connectivity index (χ3v) is 4.60. The Morgan fingerprint density at radius 3 is 3.11 bits per heavy atom. The summed E-state index contributed by atoms with van der Waals surface area (Å²) in [6, 6.07) is 2.10. The third kappa shape index (κ3) is 3.33. The molecular weight excluding hydrogens is 244 g/mol. The fourth-order valence-electron chi connectivity index (χ4n) is 2.68. The Morgan fingerprint density at radius 1 is 1.61 bits per heavy atom. The van der Waals surface area contributed by atoms with E-state index < -0.39 is 0 Å². The Labute approximate surface area is 113 Å². The zero-order chi connectivity index (χ0) is 13.0. The van der Waals surface area contributed by atoms with Gasteiger partial charge < -0.3 is 11.1 Å². The standard InChI is InChI=1S/C14H22N2OS/c1-14(15)7-3-2-4-12(14)13(17)16-8-5-11-6-9-18-10-11/h6,9-10,12H,2-5,7-8,15H2,1H3,(H,16,17). The molecule has 0 saturated heterocycles. The number of nitrogens with two attached hydrogens (primary N) is 1. The molecule has 2 unspecified atom stereocenters. The van der Waals surface area contributed by atoms with Gasteiger partial charge in [-0.3, -0.25) is 4.79 Å². The lowest BCUT2D eigenvalue weighted by atomic mass is 9.74. The van der Waals surface area contributed by atoms with Gasteiger partial charge in [-0.25, -0.2) is 0 Å². The number of amides is 1. The fourth-order valence-corrected chi connectivity index (χ4v) is 3.38. The highest BCUT2D eigenvalue weighted by Crippen LogP contribution is 2.31. The summed E-state index contributed by atoms with van der Waals surface area (Å²) in [6.45, 7) is 2.72. The first-order valence-electron chi connectivity index (χ1n) is 6.67. The largest absolute Gasteiger partial charge is 0.355 e. The molecule has 0 spiro atoms. The monoisotopic (exact) mass is 266 g/mol. The molecule has 0 radical (unpaired) electrons. The van der Waals surface area contributed by atoms with Crippen molar-refractivity contribution < 1.29 is 4.79 Å². The molecule has 0 aromatic carbocycles. The summed E-state index contributed by atoms with van der Waals surface area (Å²) in [5.41, 5.74) is 7.19. The maximum Gasteiger partial charge on any atom is 0.224 e. The lowest BCUT2D eigenvalue weighted by Crippen LogP contribution is -2.53. The SMILES string of the molecule is CC1(N)CCCCC1C(=O)NCCc1ccsc1. The second kappa shape index (κ2) is 5.85. The number of hydrogen-bond acceptors (Lipinski definition) is 3. The minimum atomic E-state index is -0.329. The minimum Gasteiger partial charge on any atom is -0.355 e. The van der Waals surface area contributed by atoms with Crippen molar-refractivity contribution in [2.75, 3.05) is 6.54 Å². The van der Waals surface area contributed by atoms with Gasteiger partial charge >= 0.3 is 0 Å². The van der Waals surface area contributed by atoms with Gasteiger partial charge in [-0.05, 0) is 48.6 Å². The Balaban J connectivity index is 1.80. The average Bonchev–Trinajstić information content (AvgIpc) is 2.81. The highest BCUT2D eigenvalue weighted by atomic mass is 32.1. The van der Waals surface area contributed by atoms with E-state index >= 15 is 0 Å². The topological polar surface area (TPSA) is 55.1 Å². The number of nitrogens with one attached hydrogen (secondary N) is 1. The first-order valence-corrected chi connectivity index (χ1v) is 7.61. The lowest BCUT2D eigenvalue weighted by Gasteiger charge is -2.37. The molecule has 3 N–H and O–H groups in total. The quantitative estimate of drug-likeness (QED) is 0.878. The van der Waals surface area contributed by atoms with Crippen molar-refractivity contribution in [2.45, 2.75) is 44.6 Å². The van der Waals surface area contributed by atoms with Crippen LogP contribution in [0.15, 0.2) is 16.8 Å². The van der Waals surface area contributed by atoms with E-state index in [-0.39, 0.29) is 17.4 Å². The van der Waals surface area contributed by atoms with Gasteiger partial charge in [0, 0.05) is 12.1 Å². The van der Waals surface area contributed by atoms with Gasteiger partial charge in [-0.2, -0.15) is 11.3 Å². The van der Waals surface area contributed by atoms with Crippen molar-refractivity contribution >= 4 is 17.2 Å². The van der Waals surface area contributed by atoms with E-state index in [2.05, 4.69) is 22.1 Å². The molecule has 18 heavy (non-hydrogen) atoms. The van der Waals surface area contributed by atoms with Crippen molar-refractivity contribution in [2.24, 2.45) is 11.7 Å². The molecule has 1 fully saturated rings. The van der Waals surface area contributed by atoms with E-state index in [9.17, 15) is 4.79 Å². The van der Waals surface area contributed by atoms with E-state index in [1.54, 1.807) is 11.3 Å². The van der Waals surface area contributed by atoms with E-state index in [4.69, 9.17) is 5.73 Å². The van der Waals surface area contributed by atoms with Crippen LogP contribution in [0.3, 0.4) is 0 Å². The lowest BCUT2D eigenvalue weighted by molar-refractivity contribution is -0.128. The molecule has 2 rings (SSSR count). The Hall–Kier alpha value is -0.870. The molecule has 1 aromatic heterocycles. The molecule has 1 aromatic rings. The first kappa shape index (κ1) is 13.6. The van der Waals surface area contributed by atoms with Gasteiger partial charge in [-0.1, -0.05) is 12.8 Å². The molecule has 100 valence electrons. The summed E-state index contributed by atoms with van der Waals surface area (Å²) in [7, 11) is 0. The smallest absolute Gasteiger partial charge is 0.224 e. The van der Waals surface area contributed by atoms with Gasteiger partial charge in [-0.15, -0.1) is 0 Å². The molecule has 1 heterocycles. The summed E-state index contributed by atoms with van der Waals surface area (Å²) in [5, 5.41) is 7.22. The van der Waals surface area contributed by atoms with E-state index in [1.807, 2.05) is 6.92 Å². The van der Waals surface area contributed by atoms with Crippen molar-refractivity contribution in [3.05, 3.63) is 22.4 Å². The molecule has 0 aliphatic heterocycles. The molecule has 2 atom stereocenters. The summed E-state index contributed by atoms with van der Waals surface area (Å²) < 4.78 is 0. The molecule has 1 aliphatic rings. The zero-order valence-corrected chi connectivity index (χ0v) is 11.8. The highest BCUT2D eigenvalue weighted by Gasteiger charge is 2.37. The first-order chi connectivity index (χ1) is 8.59. The molecule has 0 bridgehead atoms. The molecule has 4 heteroatoms. The maximum atomic E-state index is 12.2. The zero-order valence-electron chi connectivity index (χ0n) is 10.9. The number of carbonyl (C=O) groups is 1. The molecule has 1 aliphatic carbocycles. The Kier molecular flexibility index (Phi) is 4.40. The second-order valence-electron chi connectivity index (χ2n) is 5.48. The van der Waals surface area contributed by atoms with Crippen LogP contribution in [0.1, 0.15) is 38.2 Å². The average molecular weight is 266 g/mol. The predicted molar refractivity (Wildman–Crippen MR) is 75.6 cm³/mol. The Morgan fingerprint density at radius 2 is 2.44 bits per heavy atom. The minimum absolute atomic E-state index is 0.0197. The van der Waals surface area contributed by atoms with Gasteiger partial charge in [0.05, 0.1) is 5.92 Å². The van der Waals surface area contributed by atoms with E-state index in [0.717, 1.165) is 32.1 Å². The predicted octanol–water partition coefficient (Wildman–Crippen LogP) is 2.31. The highest BCUT2D eigenvalue weighted by molar-refractivity contribution is 7.07. The van der Waals surface area contributed by atoms with Crippen LogP contribution in [0.25, 0.3) is 0 Å². The van der Waals surface area contributed by atoms with Crippen LogP contribution in [0, 0.1) is 5.92 Å². The summed E-state index contributed by atoms with van der Waals surface area (Å²) in [4.78, 5) is 12.2. The van der Waals surface area contributed by atoms with Crippen LogP contribution in [-0.4, -0.2) is 18.0 Å². The molecular formula is C14H22N2OS. The normalized spacial score (nSPS) is 28.0. The number of carbonyl (C=O) groups excluding carboxylic acids is 1.